The molecule has 0 aliphatic carbocycles. The first-order valence-corrected chi connectivity index (χ1v) is 4.57. The molecule has 1 rings (SSSR count). The van der Waals surface area contributed by atoms with Crippen LogP contribution >= 0.6 is 0 Å². The Bertz CT molecular complexity index is 394. The van der Waals surface area contributed by atoms with Crippen molar-refractivity contribution in [2.24, 2.45) is 5.11 Å². The molecule has 1 N–H and O–H groups in total. The van der Waals surface area contributed by atoms with Crippen molar-refractivity contribution < 1.29 is 9.90 Å². The Morgan fingerprint density at radius 1 is 1.53 bits per heavy atom. The molecule has 0 radical (unpaired) electrons. The average Bonchev–Trinajstić information content (AvgIpc) is 2.21. The van der Waals surface area contributed by atoms with E-state index in [9.17, 15) is 4.79 Å². The minimum Gasteiger partial charge on any atom is -0.481 e. The van der Waals surface area contributed by atoms with Crippen LogP contribution in [0.5, 0.6) is 0 Å². The maximum Gasteiger partial charge on any atom is 0.310 e. The van der Waals surface area contributed by atoms with Gasteiger partial charge in [0.25, 0.3) is 0 Å². The van der Waals surface area contributed by atoms with Crippen molar-refractivity contribution in [2.75, 3.05) is 0 Å². The fourth-order valence-electron chi connectivity index (χ4n) is 1.38. The number of aliphatic carboxylic acids is 1. The quantitative estimate of drug-likeness (QED) is 0.464. The summed E-state index contributed by atoms with van der Waals surface area (Å²) in [6.07, 6.45) is 0.538. The Kier molecular flexibility index (Phi) is 3.71. The summed E-state index contributed by atoms with van der Waals surface area (Å²) in [5.74, 6) is -1.33. The summed E-state index contributed by atoms with van der Waals surface area (Å²) >= 11 is 0. The summed E-state index contributed by atoms with van der Waals surface area (Å²) in [5, 5.41) is 12.3. The van der Waals surface area contributed by atoms with Crippen LogP contribution in [0.1, 0.15) is 24.8 Å². The molecular formula is C10H11N3O2. The molecule has 0 spiro atoms. The van der Waals surface area contributed by atoms with Gasteiger partial charge >= 0.3 is 5.97 Å². The highest BCUT2D eigenvalue weighted by Gasteiger charge is 2.16. The van der Waals surface area contributed by atoms with E-state index in [1.54, 1.807) is 24.3 Å². The van der Waals surface area contributed by atoms with Crippen LogP contribution in [0.4, 0.5) is 5.69 Å². The number of azide groups is 1. The normalized spacial score (nSPS) is 11.5. The summed E-state index contributed by atoms with van der Waals surface area (Å²) in [5.41, 5.74) is 9.41. The molecule has 1 unspecified atom stereocenters. The first kappa shape index (κ1) is 11.1. The molecule has 1 aromatic rings. The van der Waals surface area contributed by atoms with Crippen LogP contribution in [0, 0.1) is 0 Å². The lowest BCUT2D eigenvalue weighted by atomic mass is 9.97. The van der Waals surface area contributed by atoms with E-state index in [4.69, 9.17) is 10.6 Å². The number of hydrogen-bond acceptors (Lipinski definition) is 2. The van der Waals surface area contributed by atoms with Crippen molar-refractivity contribution in [3.63, 3.8) is 0 Å². The van der Waals surface area contributed by atoms with Crippen LogP contribution in [0.25, 0.3) is 10.4 Å². The van der Waals surface area contributed by atoms with E-state index in [1.165, 1.54) is 0 Å². The molecule has 0 fully saturated rings. The lowest BCUT2D eigenvalue weighted by Crippen LogP contribution is -2.09. The van der Waals surface area contributed by atoms with Crippen molar-refractivity contribution >= 4 is 11.7 Å². The second-order valence-corrected chi connectivity index (χ2v) is 3.08. The highest BCUT2D eigenvalue weighted by atomic mass is 16.4. The minimum atomic E-state index is -0.839. The number of carboxylic acids is 1. The molecule has 78 valence electrons. The molecule has 0 aliphatic rings. The number of rotatable bonds is 4. The van der Waals surface area contributed by atoms with E-state index in [-0.39, 0.29) is 0 Å². The van der Waals surface area contributed by atoms with Gasteiger partial charge in [0.05, 0.1) is 5.92 Å². The minimum absolute atomic E-state index is 0.487. The second-order valence-electron chi connectivity index (χ2n) is 3.08. The van der Waals surface area contributed by atoms with E-state index in [0.29, 0.717) is 12.1 Å². The Morgan fingerprint density at radius 3 is 2.53 bits per heavy atom. The second kappa shape index (κ2) is 5.02. The fraction of sp³-hybridized carbons (Fsp3) is 0.300. The van der Waals surface area contributed by atoms with Gasteiger partial charge in [-0.3, -0.25) is 4.79 Å². The Balaban J connectivity index is 2.96. The van der Waals surface area contributed by atoms with E-state index < -0.39 is 11.9 Å². The molecule has 0 saturated carbocycles. The largest absolute Gasteiger partial charge is 0.481 e. The van der Waals surface area contributed by atoms with Gasteiger partial charge in [0.2, 0.25) is 0 Å². The summed E-state index contributed by atoms with van der Waals surface area (Å²) < 4.78 is 0. The van der Waals surface area contributed by atoms with Crippen LogP contribution < -0.4 is 0 Å². The van der Waals surface area contributed by atoms with E-state index in [0.717, 1.165) is 5.56 Å². The Labute approximate surface area is 87.0 Å². The molecule has 5 heteroatoms. The highest BCUT2D eigenvalue weighted by Crippen LogP contribution is 2.22. The van der Waals surface area contributed by atoms with Gasteiger partial charge in [-0.1, -0.05) is 36.3 Å². The molecule has 0 saturated heterocycles. The van der Waals surface area contributed by atoms with Gasteiger partial charge in [-0.2, -0.15) is 0 Å². The monoisotopic (exact) mass is 205 g/mol. The summed E-state index contributed by atoms with van der Waals surface area (Å²) in [6, 6.07) is 6.57. The van der Waals surface area contributed by atoms with Crippen molar-refractivity contribution in [1.82, 2.24) is 0 Å². The molecule has 15 heavy (non-hydrogen) atoms. The maximum atomic E-state index is 10.9. The Hall–Kier alpha value is -2.00. The smallest absolute Gasteiger partial charge is 0.310 e. The fourth-order valence-corrected chi connectivity index (χ4v) is 1.38. The summed E-state index contributed by atoms with van der Waals surface area (Å²) in [7, 11) is 0. The van der Waals surface area contributed by atoms with Crippen LogP contribution in [-0.2, 0) is 4.79 Å². The number of carbonyl (C=O) groups is 1. The molecule has 0 aromatic heterocycles. The number of hydrogen-bond donors (Lipinski definition) is 1. The third-order valence-corrected chi connectivity index (χ3v) is 2.16. The topological polar surface area (TPSA) is 86.1 Å². The molecule has 0 aliphatic heterocycles. The zero-order valence-electron chi connectivity index (χ0n) is 8.29. The van der Waals surface area contributed by atoms with Gasteiger partial charge in [0.1, 0.15) is 0 Å². The average molecular weight is 205 g/mol. The molecular weight excluding hydrogens is 194 g/mol. The molecule has 0 heterocycles. The molecule has 1 aromatic carbocycles. The summed E-state index contributed by atoms with van der Waals surface area (Å²) in [6.45, 7) is 1.82. The zero-order valence-corrected chi connectivity index (χ0v) is 8.29. The SMILES string of the molecule is CCC(C(=O)O)c1ccc(N=[N+]=[N-])cc1. The van der Waals surface area contributed by atoms with Gasteiger partial charge < -0.3 is 5.11 Å². The lowest BCUT2D eigenvalue weighted by molar-refractivity contribution is -0.138. The van der Waals surface area contributed by atoms with Gasteiger partial charge in [-0.15, -0.1) is 0 Å². The molecule has 0 bridgehead atoms. The van der Waals surface area contributed by atoms with E-state index in [2.05, 4.69) is 10.0 Å². The molecule has 1 atom stereocenters. The van der Waals surface area contributed by atoms with Gasteiger partial charge in [0.15, 0.2) is 0 Å². The summed E-state index contributed by atoms with van der Waals surface area (Å²) in [4.78, 5) is 13.5. The third-order valence-electron chi connectivity index (χ3n) is 2.16. The van der Waals surface area contributed by atoms with Crippen LogP contribution in [0.2, 0.25) is 0 Å². The predicted molar refractivity (Wildman–Crippen MR) is 55.9 cm³/mol. The number of carboxylic acid groups (broad SMARTS) is 1. The van der Waals surface area contributed by atoms with Crippen molar-refractivity contribution in [1.29, 1.82) is 0 Å². The van der Waals surface area contributed by atoms with E-state index >= 15 is 0 Å². The van der Waals surface area contributed by atoms with Gasteiger partial charge in [-0.25, -0.2) is 0 Å². The number of benzene rings is 1. The van der Waals surface area contributed by atoms with Crippen molar-refractivity contribution in [3.8, 4) is 0 Å². The standard InChI is InChI=1S/C10H11N3O2/c1-2-9(10(14)15)7-3-5-8(6-4-7)12-13-11/h3-6,9H,2H2,1H3,(H,14,15). The predicted octanol–water partition coefficient (Wildman–Crippen LogP) is 3.21. The number of nitrogens with zero attached hydrogens (tertiary/aromatic N) is 3. The Morgan fingerprint density at radius 2 is 2.13 bits per heavy atom. The third kappa shape index (κ3) is 2.72. The van der Waals surface area contributed by atoms with Crippen LogP contribution in [0.3, 0.4) is 0 Å². The molecule has 5 nitrogen and oxygen atoms in total. The van der Waals surface area contributed by atoms with Crippen LogP contribution in [0.15, 0.2) is 29.4 Å². The molecule has 0 amide bonds. The zero-order chi connectivity index (χ0) is 11.3. The van der Waals surface area contributed by atoms with Crippen molar-refractivity contribution in [2.45, 2.75) is 19.3 Å². The van der Waals surface area contributed by atoms with Gasteiger partial charge in [0, 0.05) is 10.6 Å². The first-order valence-electron chi connectivity index (χ1n) is 4.57. The first-order chi connectivity index (χ1) is 7.19. The van der Waals surface area contributed by atoms with E-state index in [1.807, 2.05) is 6.92 Å². The maximum absolute atomic E-state index is 10.9. The van der Waals surface area contributed by atoms with Crippen molar-refractivity contribution in [3.05, 3.63) is 40.3 Å². The van der Waals surface area contributed by atoms with Crippen LogP contribution in [-0.4, -0.2) is 11.1 Å². The highest BCUT2D eigenvalue weighted by molar-refractivity contribution is 5.76. The lowest BCUT2D eigenvalue weighted by Gasteiger charge is -2.09. The van der Waals surface area contributed by atoms with Gasteiger partial charge in [-0.05, 0) is 17.5 Å².